The van der Waals surface area contributed by atoms with Crippen LogP contribution in [0.5, 0.6) is 0 Å². The van der Waals surface area contributed by atoms with Gasteiger partial charge in [-0.15, -0.1) is 0 Å². The highest BCUT2D eigenvalue weighted by molar-refractivity contribution is 6.48. The molecule has 2 atom stereocenters. The van der Waals surface area contributed by atoms with Crippen molar-refractivity contribution in [2.75, 3.05) is 4.90 Å². The third-order valence-electron chi connectivity index (χ3n) is 4.98. The van der Waals surface area contributed by atoms with E-state index in [0.717, 1.165) is 36.9 Å². The van der Waals surface area contributed by atoms with Crippen molar-refractivity contribution < 1.29 is 14.4 Å². The topological polar surface area (TPSA) is 54.5 Å². The third-order valence-corrected chi connectivity index (χ3v) is 4.98. The number of benzene rings is 1. The first kappa shape index (κ1) is 14.9. The molecule has 1 aromatic carbocycles. The van der Waals surface area contributed by atoms with Gasteiger partial charge in [-0.25, -0.2) is 0 Å². The van der Waals surface area contributed by atoms with Crippen LogP contribution in [0.1, 0.15) is 38.2 Å². The maximum atomic E-state index is 12.5. The summed E-state index contributed by atoms with van der Waals surface area (Å²) in [7, 11) is 0. The highest BCUT2D eigenvalue weighted by atomic mass is 16.2. The highest BCUT2D eigenvalue weighted by Crippen LogP contribution is 2.40. The molecular formula is C18H21NO3. The fraction of sp³-hybridized carbons (Fsp3) is 0.500. The minimum atomic E-state index is -0.795. The Balaban J connectivity index is 2.04. The van der Waals surface area contributed by atoms with Crippen LogP contribution in [0.25, 0.3) is 0 Å². The molecule has 0 N–H and O–H groups in total. The van der Waals surface area contributed by atoms with Gasteiger partial charge < -0.3 is 4.90 Å². The van der Waals surface area contributed by atoms with Crippen LogP contribution in [0.15, 0.2) is 24.3 Å². The summed E-state index contributed by atoms with van der Waals surface area (Å²) in [6, 6.07) is 7.29. The predicted molar refractivity (Wildman–Crippen MR) is 83.6 cm³/mol. The molecule has 2 unspecified atom stereocenters. The van der Waals surface area contributed by atoms with Gasteiger partial charge in [-0.3, -0.25) is 14.4 Å². The summed E-state index contributed by atoms with van der Waals surface area (Å²) in [5.41, 5.74) is 1.83. The first-order valence-electron chi connectivity index (χ1n) is 7.95. The normalized spacial score (nSPS) is 26.0. The van der Waals surface area contributed by atoms with E-state index in [0.29, 0.717) is 0 Å². The number of carbonyl (C=O) groups is 3. The maximum Gasteiger partial charge on any atom is 0.295 e. The molecular weight excluding hydrogens is 278 g/mol. The van der Waals surface area contributed by atoms with Gasteiger partial charge in [0.25, 0.3) is 5.91 Å². The Labute approximate surface area is 130 Å². The molecule has 1 saturated carbocycles. The Morgan fingerprint density at radius 3 is 2.23 bits per heavy atom. The smallest absolute Gasteiger partial charge is 0.295 e. The summed E-state index contributed by atoms with van der Waals surface area (Å²) in [5, 5.41) is 0. The fourth-order valence-electron chi connectivity index (χ4n) is 3.89. The van der Waals surface area contributed by atoms with Gasteiger partial charge in [-0.2, -0.15) is 0 Å². The van der Waals surface area contributed by atoms with Crippen LogP contribution in [0, 0.1) is 18.8 Å². The van der Waals surface area contributed by atoms with Crippen molar-refractivity contribution in [1.82, 2.24) is 0 Å². The molecule has 1 aliphatic carbocycles. The lowest BCUT2D eigenvalue weighted by Gasteiger charge is -2.31. The number of ketones is 2. The van der Waals surface area contributed by atoms with Gasteiger partial charge in [-0.05, 0) is 44.7 Å². The average molecular weight is 299 g/mol. The lowest BCUT2D eigenvalue weighted by molar-refractivity contribution is -0.138. The van der Waals surface area contributed by atoms with E-state index in [-0.39, 0.29) is 17.7 Å². The monoisotopic (exact) mass is 299 g/mol. The molecule has 1 saturated heterocycles. The van der Waals surface area contributed by atoms with Crippen molar-refractivity contribution >= 4 is 23.2 Å². The van der Waals surface area contributed by atoms with Crippen LogP contribution in [0.2, 0.25) is 0 Å². The third kappa shape index (κ3) is 2.36. The van der Waals surface area contributed by atoms with Crippen LogP contribution >= 0.6 is 0 Å². The van der Waals surface area contributed by atoms with Gasteiger partial charge >= 0.3 is 0 Å². The lowest BCUT2D eigenvalue weighted by atomic mass is 9.85. The van der Waals surface area contributed by atoms with Gasteiger partial charge in [0, 0.05) is 5.69 Å². The SMILES string of the molecule is CC(=O)C1C(=O)C(=O)N(c2ccc(C)cc2)C1C1CCCC1. The van der Waals surface area contributed by atoms with E-state index < -0.39 is 17.6 Å². The lowest BCUT2D eigenvalue weighted by Crippen LogP contribution is -2.42. The number of aryl methyl sites for hydroxylation is 1. The number of anilines is 1. The van der Waals surface area contributed by atoms with E-state index in [1.165, 1.54) is 6.92 Å². The Bertz CT molecular complexity index is 614. The molecule has 0 radical (unpaired) electrons. The second kappa shape index (κ2) is 5.67. The van der Waals surface area contributed by atoms with Gasteiger partial charge in [0.15, 0.2) is 0 Å². The quantitative estimate of drug-likeness (QED) is 0.637. The highest BCUT2D eigenvalue weighted by Gasteiger charge is 2.53. The summed E-state index contributed by atoms with van der Waals surface area (Å²) in [6.45, 7) is 3.41. The Hall–Kier alpha value is -1.97. The van der Waals surface area contributed by atoms with E-state index in [1.54, 1.807) is 4.90 Å². The molecule has 1 aromatic rings. The van der Waals surface area contributed by atoms with E-state index in [1.807, 2.05) is 31.2 Å². The molecule has 3 rings (SSSR count). The van der Waals surface area contributed by atoms with E-state index in [9.17, 15) is 14.4 Å². The number of hydrogen-bond donors (Lipinski definition) is 0. The van der Waals surface area contributed by atoms with Crippen LogP contribution in [-0.4, -0.2) is 23.5 Å². The van der Waals surface area contributed by atoms with Gasteiger partial charge in [0.05, 0.1) is 6.04 Å². The zero-order chi connectivity index (χ0) is 15.9. The van der Waals surface area contributed by atoms with Gasteiger partial charge in [0.1, 0.15) is 11.7 Å². The predicted octanol–water partition coefficient (Wildman–Crippen LogP) is 2.67. The molecule has 0 spiro atoms. The number of nitrogens with zero attached hydrogens (tertiary/aromatic N) is 1. The average Bonchev–Trinajstić information content (AvgIpc) is 3.08. The summed E-state index contributed by atoms with van der Waals surface area (Å²) < 4.78 is 0. The fourth-order valence-corrected chi connectivity index (χ4v) is 3.89. The zero-order valence-electron chi connectivity index (χ0n) is 13.0. The molecule has 4 nitrogen and oxygen atoms in total. The first-order chi connectivity index (χ1) is 10.5. The van der Waals surface area contributed by atoms with Gasteiger partial charge in [0.2, 0.25) is 5.78 Å². The van der Waals surface area contributed by atoms with Crippen LogP contribution in [0.4, 0.5) is 5.69 Å². The van der Waals surface area contributed by atoms with Crippen molar-refractivity contribution in [3.8, 4) is 0 Å². The summed E-state index contributed by atoms with van der Waals surface area (Å²) >= 11 is 0. The van der Waals surface area contributed by atoms with Crippen LogP contribution in [0.3, 0.4) is 0 Å². The Kier molecular flexibility index (Phi) is 3.85. The summed E-state index contributed by atoms with van der Waals surface area (Å²) in [6.07, 6.45) is 4.18. The number of rotatable bonds is 3. The summed E-state index contributed by atoms with van der Waals surface area (Å²) in [4.78, 5) is 38.4. The minimum Gasteiger partial charge on any atom is -0.301 e. The maximum absolute atomic E-state index is 12.5. The number of carbonyl (C=O) groups excluding carboxylic acids is 3. The molecule has 1 heterocycles. The zero-order valence-corrected chi connectivity index (χ0v) is 13.0. The Morgan fingerprint density at radius 2 is 1.68 bits per heavy atom. The van der Waals surface area contributed by atoms with Crippen molar-refractivity contribution in [3.63, 3.8) is 0 Å². The Morgan fingerprint density at radius 1 is 1.09 bits per heavy atom. The molecule has 22 heavy (non-hydrogen) atoms. The van der Waals surface area contributed by atoms with E-state index in [4.69, 9.17) is 0 Å². The molecule has 116 valence electrons. The second-order valence-corrected chi connectivity index (χ2v) is 6.50. The molecule has 2 fully saturated rings. The van der Waals surface area contributed by atoms with E-state index in [2.05, 4.69) is 0 Å². The molecule has 1 amide bonds. The minimum absolute atomic E-state index is 0.190. The van der Waals surface area contributed by atoms with Gasteiger partial charge in [-0.1, -0.05) is 30.5 Å². The second-order valence-electron chi connectivity index (χ2n) is 6.50. The van der Waals surface area contributed by atoms with Crippen molar-refractivity contribution in [2.24, 2.45) is 11.8 Å². The molecule has 1 aliphatic heterocycles. The van der Waals surface area contributed by atoms with Crippen molar-refractivity contribution in [3.05, 3.63) is 29.8 Å². The number of Topliss-reactive ketones (excluding diaryl/α,β-unsaturated/α-hetero) is 2. The summed E-state index contributed by atoms with van der Waals surface area (Å²) in [5.74, 6) is -1.81. The molecule has 0 bridgehead atoms. The molecule has 0 aromatic heterocycles. The molecule has 4 heteroatoms. The van der Waals surface area contributed by atoms with Crippen LogP contribution < -0.4 is 4.90 Å². The van der Waals surface area contributed by atoms with E-state index >= 15 is 0 Å². The van der Waals surface area contributed by atoms with Crippen molar-refractivity contribution in [1.29, 1.82) is 0 Å². The largest absolute Gasteiger partial charge is 0.301 e. The number of amides is 1. The first-order valence-corrected chi connectivity index (χ1v) is 7.95. The standard InChI is InChI=1S/C18H21NO3/c1-11-7-9-14(10-8-11)19-16(13-5-3-4-6-13)15(12(2)20)17(21)18(19)22/h7-10,13,15-16H,3-6H2,1-2H3. The number of hydrogen-bond acceptors (Lipinski definition) is 3. The molecule has 2 aliphatic rings. The van der Waals surface area contributed by atoms with Crippen LogP contribution in [-0.2, 0) is 14.4 Å². The van der Waals surface area contributed by atoms with Crippen molar-refractivity contribution in [2.45, 2.75) is 45.6 Å².